The zero-order chi connectivity index (χ0) is 6.69. The van der Waals surface area contributed by atoms with Crippen LogP contribution >= 0.6 is 0 Å². The Morgan fingerprint density at radius 3 is 1.89 bits per heavy atom. The van der Waals surface area contributed by atoms with E-state index in [4.69, 9.17) is 0 Å². The minimum absolute atomic E-state index is 1.14. The van der Waals surface area contributed by atoms with Gasteiger partial charge in [-0.15, -0.1) is 0 Å². The second kappa shape index (κ2) is 3.18. The van der Waals surface area contributed by atoms with Crippen LogP contribution in [0.25, 0.3) is 0 Å². The maximum absolute atomic E-state index is 2.34. The van der Waals surface area contributed by atoms with Gasteiger partial charge in [-0.25, -0.2) is 0 Å². The lowest BCUT2D eigenvalue weighted by atomic mass is 10.4. The molecule has 1 rings (SSSR count). The lowest BCUT2D eigenvalue weighted by Gasteiger charge is -2.13. The van der Waals surface area contributed by atoms with Gasteiger partial charge in [0.15, 0.2) is 0 Å². The van der Waals surface area contributed by atoms with Crippen LogP contribution in [-0.2, 0) is 0 Å². The molecular formula is C7H15N2. The Labute approximate surface area is 57.4 Å². The topological polar surface area (TPSA) is 6.48 Å². The molecule has 0 unspecified atom stereocenters. The van der Waals surface area contributed by atoms with E-state index in [1.807, 2.05) is 0 Å². The van der Waals surface area contributed by atoms with E-state index in [-0.39, 0.29) is 0 Å². The molecule has 0 spiro atoms. The predicted molar refractivity (Wildman–Crippen MR) is 39.3 cm³/mol. The molecule has 1 radical (unpaired) electrons. The average molecular weight is 127 g/mol. The zero-order valence-corrected chi connectivity index (χ0v) is 6.30. The maximum Gasteiger partial charge on any atom is 0.0106 e. The van der Waals surface area contributed by atoms with Gasteiger partial charge >= 0.3 is 0 Å². The van der Waals surface area contributed by atoms with Crippen LogP contribution in [-0.4, -0.2) is 50.1 Å². The Bertz CT molecular complexity index is 73.0. The minimum Gasteiger partial charge on any atom is -0.305 e. The molecule has 1 heterocycles. The van der Waals surface area contributed by atoms with Gasteiger partial charge in [-0.05, 0) is 20.5 Å². The molecule has 0 aliphatic carbocycles. The first-order valence-corrected chi connectivity index (χ1v) is 3.48. The lowest BCUT2D eigenvalue weighted by molar-refractivity contribution is 0.320. The Balaban J connectivity index is 2.25. The van der Waals surface area contributed by atoms with E-state index >= 15 is 0 Å². The minimum atomic E-state index is 1.14. The molecule has 53 valence electrons. The summed E-state index contributed by atoms with van der Waals surface area (Å²) in [7, 11) is 4.32. The fraction of sp³-hybridized carbons (Fsp3) is 0.857. The molecule has 1 aliphatic heterocycles. The summed E-state index contributed by atoms with van der Waals surface area (Å²) in [6.07, 6.45) is 2.31. The molecule has 1 fully saturated rings. The van der Waals surface area contributed by atoms with Gasteiger partial charge in [0.1, 0.15) is 0 Å². The summed E-state index contributed by atoms with van der Waals surface area (Å²) in [6.45, 7) is 4.69. The predicted octanol–water partition coefficient (Wildman–Crippen LogP) is 0.0679. The quantitative estimate of drug-likeness (QED) is 0.454. The van der Waals surface area contributed by atoms with Crippen LogP contribution in [0.1, 0.15) is 0 Å². The average Bonchev–Trinajstić information content (AvgIpc) is 1.97. The number of hydrogen-bond donors (Lipinski definition) is 0. The van der Waals surface area contributed by atoms with Gasteiger partial charge in [-0.3, -0.25) is 0 Å². The van der Waals surface area contributed by atoms with E-state index < -0.39 is 0 Å². The van der Waals surface area contributed by atoms with Gasteiger partial charge in [0.05, 0.1) is 0 Å². The second-order valence-corrected chi connectivity index (χ2v) is 2.81. The summed E-state index contributed by atoms with van der Waals surface area (Å²) in [6, 6.07) is 0. The highest BCUT2D eigenvalue weighted by Crippen LogP contribution is 1.95. The van der Waals surface area contributed by atoms with Gasteiger partial charge in [0, 0.05) is 26.2 Å². The van der Waals surface area contributed by atoms with E-state index in [0.29, 0.717) is 0 Å². The fourth-order valence-electron chi connectivity index (χ4n) is 1.02. The monoisotopic (exact) mass is 127 g/mol. The normalized spacial score (nSPS) is 26.0. The Hall–Kier alpha value is -0.0800. The van der Waals surface area contributed by atoms with Crippen molar-refractivity contribution in [1.29, 1.82) is 0 Å². The first-order chi connectivity index (χ1) is 4.29. The van der Waals surface area contributed by atoms with Crippen molar-refractivity contribution in [3.05, 3.63) is 6.42 Å². The van der Waals surface area contributed by atoms with Crippen molar-refractivity contribution in [2.24, 2.45) is 0 Å². The number of likely N-dealkylation sites (N-methyl/N-ethyl adjacent to an activating group) is 2. The molecule has 2 nitrogen and oxygen atoms in total. The van der Waals surface area contributed by atoms with E-state index in [9.17, 15) is 0 Å². The van der Waals surface area contributed by atoms with Crippen LogP contribution in [0.5, 0.6) is 0 Å². The molecule has 0 aromatic carbocycles. The van der Waals surface area contributed by atoms with Gasteiger partial charge in [0.25, 0.3) is 0 Å². The molecule has 2 heteroatoms. The number of hydrogen-bond acceptors (Lipinski definition) is 2. The molecule has 9 heavy (non-hydrogen) atoms. The van der Waals surface area contributed by atoms with E-state index in [2.05, 4.69) is 30.3 Å². The van der Waals surface area contributed by atoms with Crippen molar-refractivity contribution in [2.75, 3.05) is 40.3 Å². The lowest BCUT2D eigenvalue weighted by Crippen LogP contribution is -2.25. The third-order valence-electron chi connectivity index (χ3n) is 1.74. The summed E-state index contributed by atoms with van der Waals surface area (Å²) in [4.78, 5) is 4.67. The molecule has 1 saturated heterocycles. The highest BCUT2D eigenvalue weighted by Gasteiger charge is 2.06. The molecular weight excluding hydrogens is 112 g/mol. The molecule has 0 aromatic rings. The summed E-state index contributed by atoms with van der Waals surface area (Å²) >= 11 is 0. The highest BCUT2D eigenvalue weighted by molar-refractivity contribution is 4.77. The highest BCUT2D eigenvalue weighted by atomic mass is 15.2. The number of nitrogens with zero attached hydrogens (tertiary/aromatic N) is 2. The van der Waals surface area contributed by atoms with Crippen LogP contribution in [0.3, 0.4) is 0 Å². The summed E-state index contributed by atoms with van der Waals surface area (Å²) in [5.74, 6) is 0. The third kappa shape index (κ3) is 2.33. The molecule has 1 aliphatic rings. The first-order valence-electron chi connectivity index (χ1n) is 3.48. The zero-order valence-electron chi connectivity index (χ0n) is 6.30. The molecule has 0 aromatic heterocycles. The Kier molecular flexibility index (Phi) is 2.49. The van der Waals surface area contributed by atoms with Gasteiger partial charge in [-0.1, -0.05) is 0 Å². The summed E-state index contributed by atoms with van der Waals surface area (Å²) in [5.41, 5.74) is 0. The second-order valence-electron chi connectivity index (χ2n) is 2.81. The molecule has 0 bridgehead atoms. The van der Waals surface area contributed by atoms with E-state index in [0.717, 1.165) is 13.1 Å². The van der Waals surface area contributed by atoms with Crippen molar-refractivity contribution in [1.82, 2.24) is 9.80 Å². The van der Waals surface area contributed by atoms with Crippen molar-refractivity contribution < 1.29 is 0 Å². The van der Waals surface area contributed by atoms with E-state index in [1.54, 1.807) is 0 Å². The molecule has 0 N–H and O–H groups in total. The van der Waals surface area contributed by atoms with Gasteiger partial charge < -0.3 is 9.80 Å². The fourth-order valence-corrected chi connectivity index (χ4v) is 1.02. The third-order valence-corrected chi connectivity index (χ3v) is 1.74. The number of rotatable bonds is 0. The smallest absolute Gasteiger partial charge is 0.0106 e. The largest absolute Gasteiger partial charge is 0.305 e. The first kappa shape index (κ1) is 7.03. The molecule has 0 atom stereocenters. The van der Waals surface area contributed by atoms with Crippen molar-refractivity contribution >= 4 is 0 Å². The van der Waals surface area contributed by atoms with Crippen molar-refractivity contribution in [2.45, 2.75) is 0 Å². The van der Waals surface area contributed by atoms with Crippen molar-refractivity contribution in [3.63, 3.8) is 0 Å². The van der Waals surface area contributed by atoms with Crippen LogP contribution in [0.2, 0.25) is 0 Å². The maximum atomic E-state index is 2.34. The standard InChI is InChI=1S/C7H15N2/c1-8-4-3-5-9(2)7-6-8/h3H,4-7H2,1-2H3. The van der Waals surface area contributed by atoms with Gasteiger partial charge in [0.2, 0.25) is 0 Å². The summed E-state index contributed by atoms with van der Waals surface area (Å²) in [5, 5.41) is 0. The van der Waals surface area contributed by atoms with Gasteiger partial charge in [-0.2, -0.15) is 0 Å². The summed E-state index contributed by atoms with van der Waals surface area (Å²) < 4.78 is 0. The SMILES string of the molecule is CN1C[CH]CN(C)CC1. The molecule has 0 amide bonds. The Morgan fingerprint density at radius 1 is 1.00 bits per heavy atom. The molecule has 0 saturated carbocycles. The van der Waals surface area contributed by atoms with Crippen LogP contribution < -0.4 is 0 Å². The van der Waals surface area contributed by atoms with Crippen LogP contribution in [0.15, 0.2) is 0 Å². The van der Waals surface area contributed by atoms with E-state index in [1.165, 1.54) is 13.1 Å². The van der Waals surface area contributed by atoms with Crippen LogP contribution in [0.4, 0.5) is 0 Å². The Morgan fingerprint density at radius 2 is 1.44 bits per heavy atom. The van der Waals surface area contributed by atoms with Crippen LogP contribution in [0, 0.1) is 6.42 Å². The van der Waals surface area contributed by atoms with Crippen molar-refractivity contribution in [3.8, 4) is 0 Å².